The molecule has 1 saturated heterocycles. The Morgan fingerprint density at radius 2 is 1.68 bits per heavy atom. The summed E-state index contributed by atoms with van der Waals surface area (Å²) in [5, 5.41) is 0. The summed E-state index contributed by atoms with van der Waals surface area (Å²) in [5.41, 5.74) is 1.09. The molecular weight excluding hydrogens is 383 g/mol. The first-order chi connectivity index (χ1) is 13.5. The monoisotopic (exact) mass is 406 g/mol. The quantitative estimate of drug-likeness (QED) is 0.707. The summed E-state index contributed by atoms with van der Waals surface area (Å²) in [6, 6.07) is 8.53. The number of piperazine rings is 1. The topological polar surface area (TPSA) is 82.6 Å². The highest BCUT2D eigenvalue weighted by Crippen LogP contribution is 2.15. The summed E-state index contributed by atoms with van der Waals surface area (Å²) < 4.78 is 39.6. The molecular formula is C19H23FN4O3S. The van der Waals surface area contributed by atoms with Gasteiger partial charge in [0.15, 0.2) is 0 Å². The van der Waals surface area contributed by atoms with Gasteiger partial charge in [-0.2, -0.15) is 0 Å². The fourth-order valence-electron chi connectivity index (χ4n) is 3.07. The first-order valence-corrected chi connectivity index (χ1v) is 10.6. The van der Waals surface area contributed by atoms with E-state index in [0.717, 1.165) is 30.9 Å². The second kappa shape index (κ2) is 9.11. The third-order valence-electron chi connectivity index (χ3n) is 4.64. The lowest BCUT2D eigenvalue weighted by Gasteiger charge is -2.36. The van der Waals surface area contributed by atoms with E-state index in [1.807, 2.05) is 17.0 Å². The number of aromatic nitrogens is 1. The number of halogens is 1. The predicted octanol–water partition coefficient (Wildman–Crippen LogP) is 1.63. The molecule has 1 fully saturated rings. The summed E-state index contributed by atoms with van der Waals surface area (Å²) >= 11 is 0. The number of hydrogen-bond acceptors (Lipinski definition) is 5. The van der Waals surface area contributed by atoms with E-state index in [4.69, 9.17) is 0 Å². The van der Waals surface area contributed by atoms with E-state index >= 15 is 0 Å². The standard InChI is InChI=1S/C19H23FN4O3S/c20-16-3-5-18(6-4-16)28(26,27)22-9-1-2-19(25)24-14-12-23(13-15-24)17-7-10-21-11-8-17/h3-8,10-11,22H,1-2,9,12-15H2. The molecule has 0 unspecified atom stereocenters. The van der Waals surface area contributed by atoms with Crippen molar-refractivity contribution in [1.82, 2.24) is 14.6 Å². The summed E-state index contributed by atoms with van der Waals surface area (Å²) in [5.74, 6) is -0.469. The fourth-order valence-corrected chi connectivity index (χ4v) is 4.14. The zero-order valence-electron chi connectivity index (χ0n) is 15.4. The highest BCUT2D eigenvalue weighted by molar-refractivity contribution is 7.89. The largest absolute Gasteiger partial charge is 0.368 e. The molecule has 9 heteroatoms. The van der Waals surface area contributed by atoms with Gasteiger partial charge < -0.3 is 9.80 Å². The van der Waals surface area contributed by atoms with Gasteiger partial charge in [-0.1, -0.05) is 0 Å². The van der Waals surface area contributed by atoms with Crippen LogP contribution in [0.3, 0.4) is 0 Å². The number of nitrogens with one attached hydrogen (secondary N) is 1. The van der Waals surface area contributed by atoms with Crippen molar-refractivity contribution in [2.24, 2.45) is 0 Å². The summed E-state index contributed by atoms with van der Waals surface area (Å²) in [7, 11) is -3.69. The van der Waals surface area contributed by atoms with Crippen LogP contribution in [0.25, 0.3) is 0 Å². The molecule has 1 N–H and O–H groups in total. The lowest BCUT2D eigenvalue weighted by molar-refractivity contribution is -0.131. The van der Waals surface area contributed by atoms with Gasteiger partial charge in [-0.15, -0.1) is 0 Å². The number of carbonyl (C=O) groups excluding carboxylic acids is 1. The van der Waals surface area contributed by atoms with E-state index in [9.17, 15) is 17.6 Å². The molecule has 150 valence electrons. The molecule has 1 aromatic carbocycles. The molecule has 0 saturated carbocycles. The minimum absolute atomic E-state index is 0.00691. The maximum atomic E-state index is 12.9. The number of pyridine rings is 1. The zero-order valence-corrected chi connectivity index (χ0v) is 16.2. The normalized spacial score (nSPS) is 14.9. The van der Waals surface area contributed by atoms with Crippen LogP contribution in [0.4, 0.5) is 10.1 Å². The average molecular weight is 406 g/mol. The van der Waals surface area contributed by atoms with Crippen molar-refractivity contribution < 1.29 is 17.6 Å². The van der Waals surface area contributed by atoms with Gasteiger partial charge in [-0.25, -0.2) is 17.5 Å². The van der Waals surface area contributed by atoms with Crippen LogP contribution in [0, 0.1) is 5.82 Å². The van der Waals surface area contributed by atoms with Crippen molar-refractivity contribution in [3.05, 3.63) is 54.6 Å². The molecule has 1 amide bonds. The SMILES string of the molecule is O=C(CCCNS(=O)(=O)c1ccc(F)cc1)N1CCN(c2ccncc2)CC1. The Balaban J connectivity index is 1.40. The molecule has 7 nitrogen and oxygen atoms in total. The molecule has 1 aliphatic rings. The molecule has 1 aromatic heterocycles. The highest BCUT2D eigenvalue weighted by Gasteiger charge is 2.21. The fraction of sp³-hybridized carbons (Fsp3) is 0.368. The van der Waals surface area contributed by atoms with Gasteiger partial charge in [0.05, 0.1) is 4.90 Å². The van der Waals surface area contributed by atoms with Gasteiger partial charge in [-0.3, -0.25) is 9.78 Å². The van der Waals surface area contributed by atoms with Gasteiger partial charge in [0.2, 0.25) is 15.9 Å². The number of benzene rings is 1. The number of amides is 1. The Labute approximate surface area is 164 Å². The third-order valence-corrected chi connectivity index (χ3v) is 6.12. The summed E-state index contributed by atoms with van der Waals surface area (Å²) in [6.45, 7) is 2.95. The number of nitrogens with zero attached hydrogens (tertiary/aromatic N) is 3. The molecule has 2 aromatic rings. The molecule has 28 heavy (non-hydrogen) atoms. The Kier molecular flexibility index (Phi) is 6.58. The molecule has 0 radical (unpaired) electrons. The highest BCUT2D eigenvalue weighted by atomic mass is 32.2. The zero-order chi connectivity index (χ0) is 20.0. The van der Waals surface area contributed by atoms with Gasteiger partial charge in [0, 0.05) is 57.2 Å². The van der Waals surface area contributed by atoms with Crippen LogP contribution in [0.15, 0.2) is 53.7 Å². The van der Waals surface area contributed by atoms with Gasteiger partial charge in [0.1, 0.15) is 5.82 Å². The third kappa shape index (κ3) is 5.26. The van der Waals surface area contributed by atoms with Crippen molar-refractivity contribution in [3.63, 3.8) is 0 Å². The number of anilines is 1. The van der Waals surface area contributed by atoms with Crippen LogP contribution < -0.4 is 9.62 Å². The van der Waals surface area contributed by atoms with Gasteiger partial charge in [-0.05, 0) is 42.8 Å². The van der Waals surface area contributed by atoms with Crippen molar-refractivity contribution in [3.8, 4) is 0 Å². The molecule has 0 bridgehead atoms. The van der Waals surface area contributed by atoms with E-state index in [0.29, 0.717) is 19.5 Å². The van der Waals surface area contributed by atoms with E-state index in [-0.39, 0.29) is 23.8 Å². The summed E-state index contributed by atoms with van der Waals surface area (Å²) in [4.78, 5) is 20.4. The lowest BCUT2D eigenvalue weighted by atomic mass is 10.2. The van der Waals surface area contributed by atoms with Crippen LogP contribution in [-0.4, -0.2) is 56.9 Å². The maximum Gasteiger partial charge on any atom is 0.240 e. The first-order valence-electron chi connectivity index (χ1n) is 9.14. The Morgan fingerprint density at radius 3 is 2.32 bits per heavy atom. The minimum atomic E-state index is -3.69. The van der Waals surface area contributed by atoms with Crippen molar-refractivity contribution in [2.75, 3.05) is 37.6 Å². The molecule has 0 atom stereocenters. The molecule has 0 aliphatic carbocycles. The number of rotatable bonds is 7. The van der Waals surface area contributed by atoms with Crippen LogP contribution in [0.1, 0.15) is 12.8 Å². The van der Waals surface area contributed by atoms with Gasteiger partial charge in [0.25, 0.3) is 0 Å². The van der Waals surface area contributed by atoms with Crippen LogP contribution >= 0.6 is 0 Å². The molecule has 1 aliphatic heterocycles. The molecule has 3 rings (SSSR count). The van der Waals surface area contributed by atoms with Crippen LogP contribution in [0.2, 0.25) is 0 Å². The predicted molar refractivity (Wildman–Crippen MR) is 104 cm³/mol. The Morgan fingerprint density at radius 1 is 1.04 bits per heavy atom. The van der Waals surface area contributed by atoms with E-state index in [2.05, 4.69) is 14.6 Å². The van der Waals surface area contributed by atoms with Crippen molar-refractivity contribution in [2.45, 2.75) is 17.7 Å². The Hall–Kier alpha value is -2.52. The minimum Gasteiger partial charge on any atom is -0.368 e. The maximum absolute atomic E-state index is 12.9. The first kappa shape index (κ1) is 20.2. The van der Waals surface area contributed by atoms with E-state index in [1.165, 1.54) is 12.1 Å². The molecule has 2 heterocycles. The number of carbonyl (C=O) groups is 1. The van der Waals surface area contributed by atoms with E-state index < -0.39 is 15.8 Å². The summed E-state index contributed by atoms with van der Waals surface area (Å²) in [6.07, 6.45) is 4.19. The lowest BCUT2D eigenvalue weighted by Crippen LogP contribution is -2.48. The number of sulfonamides is 1. The number of hydrogen-bond donors (Lipinski definition) is 1. The van der Waals surface area contributed by atoms with Crippen LogP contribution in [-0.2, 0) is 14.8 Å². The van der Waals surface area contributed by atoms with Gasteiger partial charge >= 0.3 is 0 Å². The van der Waals surface area contributed by atoms with E-state index in [1.54, 1.807) is 12.4 Å². The second-order valence-corrected chi connectivity index (χ2v) is 8.30. The Bertz CT molecular complexity index is 883. The van der Waals surface area contributed by atoms with Crippen molar-refractivity contribution in [1.29, 1.82) is 0 Å². The van der Waals surface area contributed by atoms with Crippen molar-refractivity contribution >= 4 is 21.6 Å². The molecule has 0 spiro atoms. The van der Waals surface area contributed by atoms with Crippen LogP contribution in [0.5, 0.6) is 0 Å². The smallest absolute Gasteiger partial charge is 0.240 e. The second-order valence-electron chi connectivity index (χ2n) is 6.53. The average Bonchev–Trinajstić information content (AvgIpc) is 2.72.